The fraction of sp³-hybridized carbons (Fsp3) is 0.400. The number of fused-ring (bicyclic) bond motifs is 1. The van der Waals surface area contributed by atoms with Crippen molar-refractivity contribution in [2.24, 2.45) is 0 Å². The number of benzene rings is 1. The van der Waals surface area contributed by atoms with Gasteiger partial charge in [-0.2, -0.15) is 0 Å². The highest BCUT2D eigenvalue weighted by atomic mass is 19.1. The van der Waals surface area contributed by atoms with Gasteiger partial charge in [0.05, 0.1) is 0 Å². The second-order valence-electron chi connectivity index (χ2n) is 3.69. The van der Waals surface area contributed by atoms with Crippen molar-refractivity contribution in [3.63, 3.8) is 0 Å². The second-order valence-corrected chi connectivity index (χ2v) is 3.69. The van der Waals surface area contributed by atoms with Crippen LogP contribution in [0.15, 0.2) is 12.1 Å². The van der Waals surface area contributed by atoms with Gasteiger partial charge in [-0.1, -0.05) is 0 Å². The molecule has 0 fully saturated rings. The van der Waals surface area contributed by atoms with Crippen LogP contribution in [-0.2, 0) is 0 Å². The van der Waals surface area contributed by atoms with Crippen molar-refractivity contribution in [1.82, 2.24) is 0 Å². The standard InChI is InChI=1S/C10H13FN2O/c1-6(2)13-5-14-9-4-7(12)3-8(11)10(9)13/h3-4,6H,5,12H2,1-2H3. The van der Waals surface area contributed by atoms with E-state index in [9.17, 15) is 4.39 Å². The molecule has 0 saturated heterocycles. The lowest BCUT2D eigenvalue weighted by atomic mass is 10.2. The normalized spacial score (nSPS) is 14.4. The Balaban J connectivity index is 2.49. The molecule has 0 radical (unpaired) electrons. The van der Waals surface area contributed by atoms with E-state index in [1.807, 2.05) is 18.7 Å². The van der Waals surface area contributed by atoms with E-state index in [0.29, 0.717) is 23.9 Å². The summed E-state index contributed by atoms with van der Waals surface area (Å²) in [6, 6.07) is 3.19. The van der Waals surface area contributed by atoms with Gasteiger partial charge >= 0.3 is 0 Å². The van der Waals surface area contributed by atoms with Crippen molar-refractivity contribution < 1.29 is 9.13 Å². The van der Waals surface area contributed by atoms with Crippen LogP contribution in [0.25, 0.3) is 0 Å². The summed E-state index contributed by atoms with van der Waals surface area (Å²) in [5, 5.41) is 0. The van der Waals surface area contributed by atoms with E-state index in [4.69, 9.17) is 10.5 Å². The summed E-state index contributed by atoms with van der Waals surface area (Å²) in [5.41, 5.74) is 6.43. The number of hydrogen-bond acceptors (Lipinski definition) is 3. The topological polar surface area (TPSA) is 38.5 Å². The minimum Gasteiger partial charge on any atom is -0.471 e. The highest BCUT2D eigenvalue weighted by Gasteiger charge is 2.26. The van der Waals surface area contributed by atoms with Gasteiger partial charge in [-0.25, -0.2) is 4.39 Å². The molecule has 1 heterocycles. The second kappa shape index (κ2) is 3.04. The van der Waals surface area contributed by atoms with Crippen LogP contribution in [0.5, 0.6) is 5.75 Å². The third-order valence-electron chi connectivity index (χ3n) is 2.32. The van der Waals surface area contributed by atoms with Crippen molar-refractivity contribution >= 4 is 11.4 Å². The number of halogens is 1. The fourth-order valence-electron chi connectivity index (χ4n) is 1.59. The third kappa shape index (κ3) is 1.27. The molecule has 1 aliphatic heterocycles. The van der Waals surface area contributed by atoms with Crippen molar-refractivity contribution in [2.75, 3.05) is 17.4 Å². The Morgan fingerprint density at radius 3 is 2.86 bits per heavy atom. The zero-order chi connectivity index (χ0) is 10.3. The monoisotopic (exact) mass is 196 g/mol. The first-order chi connectivity index (χ1) is 6.59. The van der Waals surface area contributed by atoms with Crippen LogP contribution in [-0.4, -0.2) is 12.8 Å². The van der Waals surface area contributed by atoms with Gasteiger partial charge in [-0.3, -0.25) is 0 Å². The first kappa shape index (κ1) is 9.12. The minimum absolute atomic E-state index is 0.217. The predicted molar refractivity (Wildman–Crippen MR) is 53.9 cm³/mol. The maximum Gasteiger partial charge on any atom is 0.162 e. The van der Waals surface area contributed by atoms with Crippen LogP contribution in [0.2, 0.25) is 0 Å². The highest BCUT2D eigenvalue weighted by molar-refractivity contribution is 5.67. The van der Waals surface area contributed by atoms with E-state index in [1.54, 1.807) is 6.07 Å². The fourth-order valence-corrected chi connectivity index (χ4v) is 1.59. The van der Waals surface area contributed by atoms with Crippen molar-refractivity contribution in [1.29, 1.82) is 0 Å². The lowest BCUT2D eigenvalue weighted by Gasteiger charge is -2.21. The highest BCUT2D eigenvalue weighted by Crippen LogP contribution is 2.39. The van der Waals surface area contributed by atoms with Crippen LogP contribution in [0.4, 0.5) is 15.8 Å². The van der Waals surface area contributed by atoms with Crippen molar-refractivity contribution in [2.45, 2.75) is 19.9 Å². The largest absolute Gasteiger partial charge is 0.471 e. The summed E-state index contributed by atoms with van der Waals surface area (Å²) in [7, 11) is 0. The SMILES string of the molecule is CC(C)N1COc2cc(N)cc(F)c21. The molecule has 0 unspecified atom stereocenters. The number of rotatable bonds is 1. The van der Waals surface area contributed by atoms with Crippen LogP contribution in [0, 0.1) is 5.82 Å². The van der Waals surface area contributed by atoms with E-state index in [2.05, 4.69) is 0 Å². The van der Waals surface area contributed by atoms with E-state index in [1.165, 1.54) is 6.07 Å². The van der Waals surface area contributed by atoms with Gasteiger partial charge in [0.2, 0.25) is 0 Å². The van der Waals surface area contributed by atoms with Crippen LogP contribution < -0.4 is 15.4 Å². The summed E-state index contributed by atoms with van der Waals surface area (Å²) in [6.07, 6.45) is 0. The van der Waals surface area contributed by atoms with E-state index >= 15 is 0 Å². The molecular weight excluding hydrogens is 183 g/mol. The maximum absolute atomic E-state index is 13.6. The smallest absolute Gasteiger partial charge is 0.162 e. The Labute approximate surface area is 82.3 Å². The van der Waals surface area contributed by atoms with Crippen molar-refractivity contribution in [3.8, 4) is 5.75 Å². The molecule has 4 heteroatoms. The van der Waals surface area contributed by atoms with Gasteiger partial charge in [0.1, 0.15) is 11.4 Å². The quantitative estimate of drug-likeness (QED) is 0.698. The molecule has 0 atom stereocenters. The maximum atomic E-state index is 13.6. The molecule has 0 bridgehead atoms. The Hall–Kier alpha value is -1.45. The number of hydrogen-bond donors (Lipinski definition) is 1. The van der Waals surface area contributed by atoms with E-state index in [0.717, 1.165) is 0 Å². The van der Waals surface area contributed by atoms with E-state index in [-0.39, 0.29) is 11.9 Å². The molecule has 76 valence electrons. The number of anilines is 2. The molecule has 2 rings (SSSR count). The van der Waals surface area contributed by atoms with Gasteiger partial charge in [-0.15, -0.1) is 0 Å². The Morgan fingerprint density at radius 1 is 1.50 bits per heavy atom. The Morgan fingerprint density at radius 2 is 2.21 bits per heavy atom. The minimum atomic E-state index is -0.314. The molecule has 2 N–H and O–H groups in total. The summed E-state index contributed by atoms with van der Waals surface area (Å²) in [6.45, 7) is 4.38. The number of ether oxygens (including phenoxy) is 1. The molecule has 1 aromatic carbocycles. The molecule has 1 aromatic rings. The first-order valence-electron chi connectivity index (χ1n) is 4.58. The first-order valence-corrected chi connectivity index (χ1v) is 4.58. The number of nitrogen functional groups attached to an aromatic ring is 1. The molecule has 0 aromatic heterocycles. The number of nitrogens with two attached hydrogens (primary N) is 1. The molecule has 0 amide bonds. The lowest BCUT2D eigenvalue weighted by Crippen LogP contribution is -2.30. The van der Waals surface area contributed by atoms with Gasteiger partial charge in [-0.05, 0) is 19.9 Å². The molecule has 0 spiro atoms. The summed E-state index contributed by atoms with van der Waals surface area (Å²) in [5.74, 6) is 0.224. The Bertz CT molecular complexity index is 365. The molecule has 0 saturated carbocycles. The predicted octanol–water partition coefficient (Wildman–Crippen LogP) is 1.97. The summed E-state index contributed by atoms with van der Waals surface area (Å²) >= 11 is 0. The zero-order valence-electron chi connectivity index (χ0n) is 8.25. The summed E-state index contributed by atoms with van der Waals surface area (Å²) in [4.78, 5) is 1.87. The molecule has 1 aliphatic rings. The lowest BCUT2D eigenvalue weighted by molar-refractivity contribution is 0.339. The van der Waals surface area contributed by atoms with Crippen LogP contribution in [0.3, 0.4) is 0 Å². The van der Waals surface area contributed by atoms with Gasteiger partial charge < -0.3 is 15.4 Å². The summed E-state index contributed by atoms with van der Waals surface area (Å²) < 4.78 is 18.9. The van der Waals surface area contributed by atoms with Crippen molar-refractivity contribution in [3.05, 3.63) is 17.9 Å². The van der Waals surface area contributed by atoms with Crippen LogP contribution >= 0.6 is 0 Å². The average molecular weight is 196 g/mol. The zero-order valence-corrected chi connectivity index (χ0v) is 8.25. The molecule has 14 heavy (non-hydrogen) atoms. The van der Waals surface area contributed by atoms with E-state index < -0.39 is 0 Å². The average Bonchev–Trinajstić information content (AvgIpc) is 2.47. The Kier molecular flexibility index (Phi) is 1.98. The molecule has 0 aliphatic carbocycles. The number of nitrogens with zero attached hydrogens (tertiary/aromatic N) is 1. The van der Waals surface area contributed by atoms with Gasteiger partial charge in [0.25, 0.3) is 0 Å². The molecule has 3 nitrogen and oxygen atoms in total. The van der Waals surface area contributed by atoms with Gasteiger partial charge in [0.15, 0.2) is 12.5 Å². The van der Waals surface area contributed by atoms with Crippen LogP contribution in [0.1, 0.15) is 13.8 Å². The third-order valence-corrected chi connectivity index (χ3v) is 2.32. The molecular formula is C10H13FN2O. The van der Waals surface area contributed by atoms with Gasteiger partial charge in [0, 0.05) is 17.8 Å².